The Balaban J connectivity index is 2.54. The van der Waals surface area contributed by atoms with E-state index in [1.807, 2.05) is 12.1 Å². The molecule has 0 N–H and O–H groups in total. The van der Waals surface area contributed by atoms with Gasteiger partial charge in [-0.1, -0.05) is 0 Å². The van der Waals surface area contributed by atoms with Gasteiger partial charge in [-0.15, -0.1) is 0 Å². The van der Waals surface area contributed by atoms with Gasteiger partial charge in [0.1, 0.15) is 12.4 Å². The number of fused-ring (bicyclic) bond motifs is 3. The molecule has 0 radical (unpaired) electrons. The van der Waals surface area contributed by atoms with Crippen LogP contribution in [0, 0.1) is 0 Å². The highest BCUT2D eigenvalue weighted by Gasteiger charge is 2.09. The molecule has 1 aromatic rings. The van der Waals surface area contributed by atoms with Crippen LogP contribution >= 0.6 is 0 Å². The van der Waals surface area contributed by atoms with Gasteiger partial charge in [-0.2, -0.15) is 10.2 Å². The van der Waals surface area contributed by atoms with Gasteiger partial charge in [0.15, 0.2) is 0 Å². The van der Waals surface area contributed by atoms with Crippen LogP contribution in [-0.2, 0) is 0 Å². The number of nitrogens with zero attached hydrogens (tertiary/aromatic N) is 2. The van der Waals surface area contributed by atoms with Crippen molar-refractivity contribution in [3.8, 4) is 5.75 Å². The summed E-state index contributed by atoms with van der Waals surface area (Å²) in [5.74, 6) is 0.942. The van der Waals surface area contributed by atoms with Crippen LogP contribution in [0.3, 0.4) is 0 Å². The summed E-state index contributed by atoms with van der Waals surface area (Å²) in [5, 5.41) is 10.0. The molecule has 0 aliphatic carbocycles. The van der Waals surface area contributed by atoms with Gasteiger partial charge in [0, 0.05) is 10.4 Å². The summed E-state index contributed by atoms with van der Waals surface area (Å²) in [5.41, 5.74) is 0.940. The third-order valence-corrected chi connectivity index (χ3v) is 2.10. The van der Waals surface area contributed by atoms with Crippen molar-refractivity contribution in [2.75, 3.05) is 6.61 Å². The van der Waals surface area contributed by atoms with Crippen molar-refractivity contribution < 1.29 is 4.74 Å². The predicted octanol–water partition coefficient (Wildman–Crippen LogP) is 0.695. The Morgan fingerprint density at radius 3 is 3.25 bits per heavy atom. The molecule has 3 rings (SSSR count). The second kappa shape index (κ2) is 1.94. The molecule has 3 nitrogen and oxygen atoms in total. The molecule has 0 saturated heterocycles. The maximum Gasteiger partial charge on any atom is 0.127 e. The van der Waals surface area contributed by atoms with Crippen molar-refractivity contribution in [1.82, 2.24) is 0 Å². The maximum atomic E-state index is 5.36. The Labute approximate surface area is 68.7 Å². The lowest BCUT2D eigenvalue weighted by Gasteiger charge is -1.96. The second-order valence-corrected chi connectivity index (χ2v) is 2.77. The van der Waals surface area contributed by atoms with Crippen molar-refractivity contribution in [2.24, 2.45) is 10.2 Å². The molecule has 2 aliphatic rings. The van der Waals surface area contributed by atoms with E-state index in [1.165, 1.54) is 0 Å². The minimum absolute atomic E-state index is 0.666. The Hall–Kier alpha value is -1.64. The fraction of sp³-hybridized carbons (Fsp3) is 0.111. The molecule has 0 fully saturated rings. The summed E-state index contributed by atoms with van der Waals surface area (Å²) >= 11 is 0. The van der Waals surface area contributed by atoms with Crippen molar-refractivity contribution in [3.63, 3.8) is 0 Å². The molecule has 0 spiro atoms. The molecule has 58 valence electrons. The van der Waals surface area contributed by atoms with Gasteiger partial charge in [-0.05, 0) is 18.2 Å². The van der Waals surface area contributed by atoms with Crippen molar-refractivity contribution in [2.45, 2.75) is 0 Å². The Morgan fingerprint density at radius 1 is 1.25 bits per heavy atom. The van der Waals surface area contributed by atoms with Gasteiger partial charge in [0.05, 0.1) is 11.9 Å². The van der Waals surface area contributed by atoms with E-state index in [0.29, 0.717) is 6.61 Å². The van der Waals surface area contributed by atoms with Gasteiger partial charge in [0.2, 0.25) is 0 Å². The summed E-state index contributed by atoms with van der Waals surface area (Å²) in [7, 11) is 0. The molecule has 0 aromatic heterocycles. The monoisotopic (exact) mass is 158 g/mol. The predicted molar refractivity (Wildman–Crippen MR) is 44.6 cm³/mol. The fourth-order valence-corrected chi connectivity index (χ4v) is 1.53. The summed E-state index contributed by atoms with van der Waals surface area (Å²) < 4.78 is 5.36. The van der Waals surface area contributed by atoms with E-state index in [-0.39, 0.29) is 0 Å². The van der Waals surface area contributed by atoms with Crippen LogP contribution in [0.25, 0.3) is 12.3 Å². The number of hydrogen-bond donors (Lipinski definition) is 0. The third-order valence-electron chi connectivity index (χ3n) is 2.10. The highest BCUT2D eigenvalue weighted by molar-refractivity contribution is 5.55. The van der Waals surface area contributed by atoms with Crippen molar-refractivity contribution in [1.29, 1.82) is 0 Å². The van der Waals surface area contributed by atoms with Crippen LogP contribution in [0.1, 0.15) is 0 Å². The Kier molecular flexibility index (Phi) is 0.961. The first-order valence-electron chi connectivity index (χ1n) is 3.82. The van der Waals surface area contributed by atoms with E-state index >= 15 is 0 Å². The minimum atomic E-state index is 0.666. The molecule has 0 unspecified atom stereocenters. The lowest BCUT2D eigenvalue weighted by Crippen LogP contribution is -2.21. The van der Waals surface area contributed by atoms with Crippen molar-refractivity contribution in [3.05, 3.63) is 22.6 Å². The van der Waals surface area contributed by atoms with E-state index in [1.54, 1.807) is 6.20 Å². The highest BCUT2D eigenvalue weighted by atomic mass is 16.5. The SMILES string of the molecule is C1=c2c(ccc3c2=CCO3)N=N1. The first kappa shape index (κ1) is 5.94. The second-order valence-electron chi connectivity index (χ2n) is 2.77. The molecule has 0 saturated carbocycles. The number of benzene rings is 1. The first-order chi connectivity index (χ1) is 5.95. The molecular formula is C9H6N2O. The first-order valence-corrected chi connectivity index (χ1v) is 3.82. The summed E-state index contributed by atoms with van der Waals surface area (Å²) in [6, 6.07) is 3.87. The number of hydrogen-bond acceptors (Lipinski definition) is 3. The average molecular weight is 158 g/mol. The lowest BCUT2D eigenvalue weighted by molar-refractivity contribution is 0.385. The number of azo groups is 1. The van der Waals surface area contributed by atoms with Crippen molar-refractivity contribution >= 4 is 18.0 Å². The standard InChI is InChI=1S/C9H6N2O/c1-2-9-6(3-4-12-9)7-5-10-11-8(1)7/h1-3,5H,4H2. The van der Waals surface area contributed by atoms with E-state index in [2.05, 4.69) is 16.3 Å². The zero-order valence-electron chi connectivity index (χ0n) is 6.32. The highest BCUT2D eigenvalue weighted by Crippen LogP contribution is 2.14. The zero-order chi connectivity index (χ0) is 7.97. The molecule has 0 bridgehead atoms. The minimum Gasteiger partial charge on any atom is -0.489 e. The van der Waals surface area contributed by atoms with Crippen LogP contribution in [0.15, 0.2) is 22.4 Å². The summed E-state index contributed by atoms with van der Waals surface area (Å²) in [4.78, 5) is 0. The smallest absolute Gasteiger partial charge is 0.127 e. The largest absolute Gasteiger partial charge is 0.489 e. The topological polar surface area (TPSA) is 34.0 Å². The normalized spacial score (nSPS) is 16.0. The molecule has 0 atom stereocenters. The Morgan fingerprint density at radius 2 is 2.25 bits per heavy atom. The van der Waals surface area contributed by atoms with Crippen LogP contribution in [0.2, 0.25) is 0 Å². The van der Waals surface area contributed by atoms with Crippen LogP contribution in [-0.4, -0.2) is 6.61 Å². The quantitative estimate of drug-likeness (QED) is 0.547. The van der Waals surface area contributed by atoms with Crippen LogP contribution in [0.4, 0.5) is 5.69 Å². The van der Waals surface area contributed by atoms with Crippen LogP contribution < -0.4 is 15.2 Å². The van der Waals surface area contributed by atoms with Crippen LogP contribution in [0.5, 0.6) is 5.75 Å². The number of rotatable bonds is 0. The zero-order valence-corrected chi connectivity index (χ0v) is 6.32. The van der Waals surface area contributed by atoms with Gasteiger partial charge in [0.25, 0.3) is 0 Å². The van der Waals surface area contributed by atoms with E-state index in [0.717, 1.165) is 21.9 Å². The van der Waals surface area contributed by atoms with E-state index in [9.17, 15) is 0 Å². The maximum absolute atomic E-state index is 5.36. The number of ether oxygens (including phenoxy) is 1. The molecule has 2 aliphatic heterocycles. The molecule has 12 heavy (non-hydrogen) atoms. The molecule has 3 heteroatoms. The molecule has 1 aromatic carbocycles. The summed E-state index contributed by atoms with van der Waals surface area (Å²) in [6.07, 6.45) is 3.83. The van der Waals surface area contributed by atoms with E-state index < -0.39 is 0 Å². The van der Waals surface area contributed by atoms with Gasteiger partial charge >= 0.3 is 0 Å². The average Bonchev–Trinajstić information content (AvgIpc) is 2.71. The van der Waals surface area contributed by atoms with Gasteiger partial charge in [-0.25, -0.2) is 0 Å². The molecule has 0 amide bonds. The van der Waals surface area contributed by atoms with Gasteiger partial charge < -0.3 is 4.74 Å². The summed E-state index contributed by atoms with van der Waals surface area (Å²) in [6.45, 7) is 0.666. The third kappa shape index (κ3) is 0.605. The van der Waals surface area contributed by atoms with E-state index in [4.69, 9.17) is 4.74 Å². The molecule has 2 heterocycles. The Bertz CT molecular complexity index is 488. The van der Waals surface area contributed by atoms with Gasteiger partial charge in [-0.3, -0.25) is 0 Å². The lowest BCUT2D eigenvalue weighted by atomic mass is 10.2. The fourth-order valence-electron chi connectivity index (χ4n) is 1.53. The molecular weight excluding hydrogens is 152 g/mol.